The van der Waals surface area contributed by atoms with Crippen LogP contribution in [0.25, 0.3) is 0 Å². The van der Waals surface area contributed by atoms with E-state index in [-0.39, 0.29) is 11.5 Å². The van der Waals surface area contributed by atoms with Crippen molar-refractivity contribution >= 4 is 11.9 Å². The van der Waals surface area contributed by atoms with Gasteiger partial charge in [0.2, 0.25) is 0 Å². The van der Waals surface area contributed by atoms with Gasteiger partial charge >= 0.3 is 11.9 Å². The zero-order valence-electron chi connectivity index (χ0n) is 10.7. The summed E-state index contributed by atoms with van der Waals surface area (Å²) in [6.45, 7) is 3.81. The number of methoxy groups -OCH3 is 2. The summed E-state index contributed by atoms with van der Waals surface area (Å²) in [5, 5.41) is 10.0. The second-order valence-corrected chi connectivity index (χ2v) is 3.64. The van der Waals surface area contributed by atoms with Crippen LogP contribution in [0, 0.1) is 5.92 Å². The standard InChI is InChI=1S/C12H20O5/c1-5-8(6-2)11(14)9(12(15)17-4)7-10(13)16-3/h7-8,11,14H,5-6H2,1-4H3/b9-7-. The predicted molar refractivity (Wildman–Crippen MR) is 62.2 cm³/mol. The lowest BCUT2D eigenvalue weighted by molar-refractivity contribution is -0.139. The quantitative estimate of drug-likeness (QED) is 0.558. The molecule has 0 fully saturated rings. The fraction of sp³-hybridized carbons (Fsp3) is 0.667. The van der Waals surface area contributed by atoms with Crippen molar-refractivity contribution in [1.82, 2.24) is 0 Å². The second kappa shape index (κ2) is 7.84. The number of aliphatic hydroxyl groups excluding tert-OH is 1. The number of carbonyl (C=O) groups is 2. The summed E-state index contributed by atoms with van der Waals surface area (Å²) in [6, 6.07) is 0. The maximum Gasteiger partial charge on any atom is 0.336 e. The second-order valence-electron chi connectivity index (χ2n) is 3.64. The number of rotatable bonds is 6. The van der Waals surface area contributed by atoms with Crippen LogP contribution < -0.4 is 0 Å². The normalized spacial score (nSPS) is 13.4. The van der Waals surface area contributed by atoms with Crippen molar-refractivity contribution in [3.8, 4) is 0 Å². The van der Waals surface area contributed by atoms with E-state index in [9.17, 15) is 14.7 Å². The van der Waals surface area contributed by atoms with Gasteiger partial charge < -0.3 is 14.6 Å². The summed E-state index contributed by atoms with van der Waals surface area (Å²) in [7, 11) is 2.41. The first-order chi connectivity index (χ1) is 8.01. The Hall–Kier alpha value is -1.36. The van der Waals surface area contributed by atoms with Gasteiger partial charge in [-0.15, -0.1) is 0 Å². The Morgan fingerprint density at radius 3 is 2.06 bits per heavy atom. The minimum Gasteiger partial charge on any atom is -0.466 e. The summed E-state index contributed by atoms with van der Waals surface area (Å²) >= 11 is 0. The summed E-state index contributed by atoms with van der Waals surface area (Å²) in [5.41, 5.74) is -0.0620. The van der Waals surface area contributed by atoms with Gasteiger partial charge in [0.05, 0.1) is 25.9 Å². The van der Waals surface area contributed by atoms with Crippen molar-refractivity contribution in [3.63, 3.8) is 0 Å². The van der Waals surface area contributed by atoms with Gasteiger partial charge in [-0.05, 0) is 5.92 Å². The highest BCUT2D eigenvalue weighted by Gasteiger charge is 2.26. The van der Waals surface area contributed by atoms with Gasteiger partial charge in [-0.2, -0.15) is 0 Å². The van der Waals surface area contributed by atoms with E-state index in [1.54, 1.807) is 0 Å². The molecule has 5 nitrogen and oxygen atoms in total. The molecule has 98 valence electrons. The Kier molecular flexibility index (Phi) is 7.21. The van der Waals surface area contributed by atoms with E-state index in [4.69, 9.17) is 0 Å². The fourth-order valence-electron chi connectivity index (χ4n) is 1.56. The summed E-state index contributed by atoms with van der Waals surface area (Å²) < 4.78 is 8.98. The molecule has 0 saturated carbocycles. The van der Waals surface area contributed by atoms with Crippen LogP contribution in [-0.4, -0.2) is 37.4 Å². The summed E-state index contributed by atoms with van der Waals surface area (Å²) in [5.74, 6) is -1.49. The van der Waals surface area contributed by atoms with Crippen LogP contribution in [0.4, 0.5) is 0 Å². The maximum atomic E-state index is 11.5. The Morgan fingerprint density at radius 2 is 1.71 bits per heavy atom. The summed E-state index contributed by atoms with van der Waals surface area (Å²) in [4.78, 5) is 22.6. The Bertz CT molecular complexity index is 291. The molecule has 0 amide bonds. The van der Waals surface area contributed by atoms with Gasteiger partial charge in [-0.25, -0.2) is 9.59 Å². The van der Waals surface area contributed by atoms with E-state index >= 15 is 0 Å². The number of hydrogen-bond donors (Lipinski definition) is 1. The van der Waals surface area contributed by atoms with Gasteiger partial charge in [0, 0.05) is 6.08 Å². The van der Waals surface area contributed by atoms with E-state index in [1.165, 1.54) is 14.2 Å². The molecule has 0 spiro atoms. The lowest BCUT2D eigenvalue weighted by Gasteiger charge is -2.21. The highest BCUT2D eigenvalue weighted by atomic mass is 16.5. The van der Waals surface area contributed by atoms with Gasteiger partial charge in [0.25, 0.3) is 0 Å². The average Bonchev–Trinajstić information content (AvgIpc) is 2.35. The van der Waals surface area contributed by atoms with E-state index in [2.05, 4.69) is 9.47 Å². The van der Waals surface area contributed by atoms with E-state index < -0.39 is 18.0 Å². The van der Waals surface area contributed by atoms with Crippen molar-refractivity contribution in [2.24, 2.45) is 5.92 Å². The number of ether oxygens (including phenoxy) is 2. The first kappa shape index (κ1) is 15.6. The zero-order valence-corrected chi connectivity index (χ0v) is 10.7. The zero-order chi connectivity index (χ0) is 13.4. The van der Waals surface area contributed by atoms with Crippen LogP contribution in [-0.2, 0) is 19.1 Å². The molecule has 0 aliphatic heterocycles. The molecule has 0 aromatic rings. The number of carbonyl (C=O) groups excluding carboxylic acids is 2. The molecule has 0 saturated heterocycles. The van der Waals surface area contributed by atoms with Crippen molar-refractivity contribution < 1.29 is 24.2 Å². The van der Waals surface area contributed by atoms with Crippen LogP contribution >= 0.6 is 0 Å². The molecule has 0 aliphatic rings. The molecule has 0 aromatic carbocycles. The average molecular weight is 244 g/mol. The molecule has 0 radical (unpaired) electrons. The molecule has 5 heteroatoms. The molecular formula is C12H20O5. The highest BCUT2D eigenvalue weighted by Crippen LogP contribution is 2.20. The number of hydrogen-bond acceptors (Lipinski definition) is 5. The molecule has 1 atom stereocenters. The first-order valence-electron chi connectivity index (χ1n) is 5.57. The lowest BCUT2D eigenvalue weighted by atomic mass is 9.91. The molecule has 0 rings (SSSR count). The predicted octanol–water partition coefficient (Wildman–Crippen LogP) is 1.06. The largest absolute Gasteiger partial charge is 0.466 e. The highest BCUT2D eigenvalue weighted by molar-refractivity contribution is 5.97. The van der Waals surface area contributed by atoms with Gasteiger partial charge in [0.15, 0.2) is 0 Å². The van der Waals surface area contributed by atoms with Crippen molar-refractivity contribution in [3.05, 3.63) is 11.6 Å². The number of esters is 2. The molecule has 0 bridgehead atoms. The lowest BCUT2D eigenvalue weighted by Crippen LogP contribution is -2.28. The monoisotopic (exact) mass is 244 g/mol. The Morgan fingerprint density at radius 1 is 1.18 bits per heavy atom. The molecule has 0 heterocycles. The third kappa shape index (κ3) is 4.56. The molecule has 17 heavy (non-hydrogen) atoms. The third-order valence-electron chi connectivity index (χ3n) is 2.71. The minimum atomic E-state index is -1.02. The molecule has 0 aliphatic carbocycles. The van der Waals surface area contributed by atoms with Gasteiger partial charge in [-0.3, -0.25) is 0 Å². The maximum absolute atomic E-state index is 11.5. The molecule has 1 N–H and O–H groups in total. The van der Waals surface area contributed by atoms with Crippen LogP contribution in [0.1, 0.15) is 26.7 Å². The first-order valence-corrected chi connectivity index (χ1v) is 5.57. The molecule has 0 aromatic heterocycles. The van der Waals surface area contributed by atoms with Crippen molar-refractivity contribution in [2.75, 3.05) is 14.2 Å². The van der Waals surface area contributed by atoms with E-state index in [0.29, 0.717) is 12.8 Å². The number of aliphatic hydroxyl groups is 1. The molecular weight excluding hydrogens is 224 g/mol. The Labute approximate surface area is 101 Å². The van der Waals surface area contributed by atoms with Crippen molar-refractivity contribution in [2.45, 2.75) is 32.8 Å². The van der Waals surface area contributed by atoms with E-state index in [0.717, 1.165) is 6.08 Å². The summed E-state index contributed by atoms with van der Waals surface area (Å²) in [6.07, 6.45) is 1.37. The minimum absolute atomic E-state index is 0.0620. The van der Waals surface area contributed by atoms with Gasteiger partial charge in [-0.1, -0.05) is 26.7 Å². The van der Waals surface area contributed by atoms with Crippen LogP contribution in [0.2, 0.25) is 0 Å². The van der Waals surface area contributed by atoms with Gasteiger partial charge in [0.1, 0.15) is 0 Å². The topological polar surface area (TPSA) is 72.8 Å². The molecule has 1 unspecified atom stereocenters. The van der Waals surface area contributed by atoms with Crippen LogP contribution in [0.15, 0.2) is 11.6 Å². The van der Waals surface area contributed by atoms with Crippen LogP contribution in [0.3, 0.4) is 0 Å². The smallest absolute Gasteiger partial charge is 0.336 e. The van der Waals surface area contributed by atoms with Crippen LogP contribution in [0.5, 0.6) is 0 Å². The third-order valence-corrected chi connectivity index (χ3v) is 2.71. The SMILES string of the molecule is CCC(CC)C(O)/C(=C/C(=O)OC)C(=O)OC. The van der Waals surface area contributed by atoms with E-state index in [1.807, 2.05) is 13.8 Å². The fourth-order valence-corrected chi connectivity index (χ4v) is 1.56. The van der Waals surface area contributed by atoms with Crippen molar-refractivity contribution in [1.29, 1.82) is 0 Å². The Balaban J connectivity index is 5.11.